The fourth-order valence-electron chi connectivity index (χ4n) is 2.73. The minimum absolute atomic E-state index is 0.153. The first-order valence-corrected chi connectivity index (χ1v) is 7.66. The molecule has 1 aromatic heterocycles. The van der Waals surface area contributed by atoms with Crippen molar-refractivity contribution in [3.05, 3.63) is 41.0 Å². The summed E-state index contributed by atoms with van der Waals surface area (Å²) >= 11 is 0. The van der Waals surface area contributed by atoms with Crippen molar-refractivity contribution in [3.8, 4) is 11.1 Å². The maximum absolute atomic E-state index is 13.9. The minimum Gasteiger partial charge on any atom is -0.313 e. The van der Waals surface area contributed by atoms with Crippen LogP contribution in [0.3, 0.4) is 0 Å². The van der Waals surface area contributed by atoms with Crippen LogP contribution in [-0.2, 0) is 26.4 Å². The van der Waals surface area contributed by atoms with E-state index in [1.807, 2.05) is 30.8 Å². The Balaban J connectivity index is 2.51. The summed E-state index contributed by atoms with van der Waals surface area (Å²) in [5.41, 5.74) is 5.22. The average Bonchev–Trinajstić information content (AvgIpc) is 2.82. The second-order valence-corrected chi connectivity index (χ2v) is 5.19. The molecule has 0 amide bonds. The third-order valence-corrected chi connectivity index (χ3v) is 3.81. The largest absolute Gasteiger partial charge is 0.313 e. The zero-order valence-corrected chi connectivity index (χ0v) is 13.3. The standard InChI is InChI=1S/C17H24FN3/c1-5-15-17(16(6-2)21(4)20-15)12-8-9-14(18)13(10-12)11-19-7-3/h8-10,19H,5-7,11H2,1-4H3. The van der Waals surface area contributed by atoms with Crippen LogP contribution in [0.25, 0.3) is 11.1 Å². The van der Waals surface area contributed by atoms with Crippen LogP contribution in [0.5, 0.6) is 0 Å². The third kappa shape index (κ3) is 3.16. The summed E-state index contributed by atoms with van der Waals surface area (Å²) in [6.45, 7) is 7.64. The molecule has 21 heavy (non-hydrogen) atoms. The smallest absolute Gasteiger partial charge is 0.127 e. The van der Waals surface area contributed by atoms with Gasteiger partial charge in [-0.2, -0.15) is 5.10 Å². The van der Waals surface area contributed by atoms with Gasteiger partial charge in [-0.3, -0.25) is 4.68 Å². The van der Waals surface area contributed by atoms with Crippen LogP contribution in [0.1, 0.15) is 37.7 Å². The molecule has 114 valence electrons. The third-order valence-electron chi connectivity index (χ3n) is 3.81. The van der Waals surface area contributed by atoms with E-state index in [9.17, 15) is 4.39 Å². The molecule has 0 radical (unpaired) electrons. The summed E-state index contributed by atoms with van der Waals surface area (Å²) in [5, 5.41) is 7.78. The summed E-state index contributed by atoms with van der Waals surface area (Å²) in [6, 6.07) is 5.38. The van der Waals surface area contributed by atoms with Gasteiger partial charge in [0.05, 0.1) is 5.69 Å². The summed E-state index contributed by atoms with van der Waals surface area (Å²) in [4.78, 5) is 0. The van der Waals surface area contributed by atoms with Crippen molar-refractivity contribution in [2.45, 2.75) is 40.2 Å². The molecule has 2 aromatic rings. The number of hydrogen-bond donors (Lipinski definition) is 1. The monoisotopic (exact) mass is 289 g/mol. The number of rotatable bonds is 6. The molecule has 0 bridgehead atoms. The first-order valence-electron chi connectivity index (χ1n) is 7.66. The number of benzene rings is 1. The van der Waals surface area contributed by atoms with Crippen LogP contribution in [0, 0.1) is 5.82 Å². The van der Waals surface area contributed by atoms with Gasteiger partial charge in [0, 0.05) is 30.4 Å². The van der Waals surface area contributed by atoms with Crippen molar-refractivity contribution in [3.63, 3.8) is 0 Å². The number of aryl methyl sites for hydroxylation is 2. The van der Waals surface area contributed by atoms with Gasteiger partial charge >= 0.3 is 0 Å². The fraction of sp³-hybridized carbons (Fsp3) is 0.471. The first-order chi connectivity index (χ1) is 10.1. The predicted molar refractivity (Wildman–Crippen MR) is 84.7 cm³/mol. The normalized spacial score (nSPS) is 11.1. The van der Waals surface area contributed by atoms with Crippen LogP contribution in [0.4, 0.5) is 4.39 Å². The molecule has 0 aliphatic heterocycles. The van der Waals surface area contributed by atoms with Gasteiger partial charge < -0.3 is 5.32 Å². The molecule has 0 aliphatic rings. The quantitative estimate of drug-likeness (QED) is 0.882. The van der Waals surface area contributed by atoms with Crippen LogP contribution < -0.4 is 5.32 Å². The molecule has 1 heterocycles. The Bertz CT molecular complexity index is 617. The van der Waals surface area contributed by atoms with E-state index in [2.05, 4.69) is 24.3 Å². The zero-order chi connectivity index (χ0) is 15.4. The Hall–Kier alpha value is -1.68. The molecule has 0 aliphatic carbocycles. The highest BCUT2D eigenvalue weighted by Crippen LogP contribution is 2.29. The number of hydrogen-bond acceptors (Lipinski definition) is 2. The fourth-order valence-corrected chi connectivity index (χ4v) is 2.73. The van der Waals surface area contributed by atoms with Crippen molar-refractivity contribution >= 4 is 0 Å². The Morgan fingerprint density at radius 3 is 2.57 bits per heavy atom. The van der Waals surface area contributed by atoms with Crippen LogP contribution in [-0.4, -0.2) is 16.3 Å². The van der Waals surface area contributed by atoms with Gasteiger partial charge in [0.25, 0.3) is 0 Å². The molecule has 3 nitrogen and oxygen atoms in total. The van der Waals surface area contributed by atoms with Crippen LogP contribution in [0.2, 0.25) is 0 Å². The average molecular weight is 289 g/mol. The highest BCUT2D eigenvalue weighted by Gasteiger charge is 2.16. The van der Waals surface area contributed by atoms with Gasteiger partial charge in [-0.1, -0.05) is 26.8 Å². The van der Waals surface area contributed by atoms with E-state index >= 15 is 0 Å². The molecule has 1 N–H and O–H groups in total. The summed E-state index contributed by atoms with van der Waals surface area (Å²) in [6.07, 6.45) is 1.79. The summed E-state index contributed by atoms with van der Waals surface area (Å²) < 4.78 is 15.9. The lowest BCUT2D eigenvalue weighted by Crippen LogP contribution is -2.13. The van der Waals surface area contributed by atoms with E-state index in [1.54, 1.807) is 6.07 Å². The van der Waals surface area contributed by atoms with Gasteiger partial charge in [-0.25, -0.2) is 4.39 Å². The van der Waals surface area contributed by atoms with E-state index in [4.69, 9.17) is 0 Å². The van der Waals surface area contributed by atoms with Crippen LogP contribution >= 0.6 is 0 Å². The van der Waals surface area contributed by atoms with E-state index in [0.717, 1.165) is 30.6 Å². The van der Waals surface area contributed by atoms with Gasteiger partial charge in [0.15, 0.2) is 0 Å². The molecule has 1 aromatic carbocycles. The second-order valence-electron chi connectivity index (χ2n) is 5.19. The van der Waals surface area contributed by atoms with Crippen molar-refractivity contribution in [1.29, 1.82) is 0 Å². The van der Waals surface area contributed by atoms with Crippen molar-refractivity contribution in [2.24, 2.45) is 7.05 Å². The number of nitrogens with zero attached hydrogens (tertiary/aromatic N) is 2. The number of aromatic nitrogens is 2. The molecular formula is C17H24FN3. The Labute approximate surface area is 126 Å². The first kappa shape index (κ1) is 15.7. The molecule has 0 unspecified atom stereocenters. The molecular weight excluding hydrogens is 265 g/mol. The molecule has 2 rings (SSSR count). The second kappa shape index (κ2) is 6.85. The van der Waals surface area contributed by atoms with Crippen molar-refractivity contribution in [1.82, 2.24) is 15.1 Å². The highest BCUT2D eigenvalue weighted by molar-refractivity contribution is 5.69. The van der Waals surface area contributed by atoms with Crippen molar-refractivity contribution in [2.75, 3.05) is 6.54 Å². The lowest BCUT2D eigenvalue weighted by molar-refractivity contribution is 0.593. The maximum Gasteiger partial charge on any atom is 0.127 e. The molecule has 4 heteroatoms. The number of nitrogens with one attached hydrogen (secondary N) is 1. The minimum atomic E-state index is -0.153. The highest BCUT2D eigenvalue weighted by atomic mass is 19.1. The zero-order valence-electron chi connectivity index (χ0n) is 13.3. The van der Waals surface area contributed by atoms with Gasteiger partial charge in [0.2, 0.25) is 0 Å². The maximum atomic E-state index is 13.9. The summed E-state index contributed by atoms with van der Waals surface area (Å²) in [5.74, 6) is -0.153. The Morgan fingerprint density at radius 2 is 1.95 bits per heavy atom. The molecule has 0 spiro atoms. The lowest BCUT2D eigenvalue weighted by atomic mass is 9.98. The molecule has 0 fully saturated rings. The van der Waals surface area contributed by atoms with Crippen molar-refractivity contribution < 1.29 is 4.39 Å². The Morgan fingerprint density at radius 1 is 1.19 bits per heavy atom. The van der Waals surface area contributed by atoms with Crippen LogP contribution in [0.15, 0.2) is 18.2 Å². The SMILES string of the molecule is CCNCc1cc(-c2c(CC)nn(C)c2CC)ccc1F. The van der Waals surface area contributed by atoms with Gasteiger partial charge in [0.1, 0.15) is 5.82 Å². The lowest BCUT2D eigenvalue weighted by Gasteiger charge is -2.09. The topological polar surface area (TPSA) is 29.9 Å². The van der Waals surface area contributed by atoms with Gasteiger partial charge in [-0.05, 0) is 37.1 Å². The van der Waals surface area contributed by atoms with Gasteiger partial charge in [-0.15, -0.1) is 0 Å². The Kier molecular flexibility index (Phi) is 5.12. The molecule has 0 saturated carbocycles. The molecule has 0 saturated heterocycles. The number of halogens is 1. The van der Waals surface area contributed by atoms with E-state index in [0.29, 0.717) is 12.1 Å². The van der Waals surface area contributed by atoms with E-state index < -0.39 is 0 Å². The van der Waals surface area contributed by atoms with E-state index in [-0.39, 0.29) is 5.82 Å². The molecule has 0 atom stereocenters. The summed E-state index contributed by atoms with van der Waals surface area (Å²) in [7, 11) is 1.98. The van der Waals surface area contributed by atoms with E-state index in [1.165, 1.54) is 11.3 Å². The predicted octanol–water partition coefficient (Wildman–Crippen LogP) is 3.46.